The van der Waals surface area contributed by atoms with Gasteiger partial charge in [0, 0.05) is 30.6 Å². The first kappa shape index (κ1) is 16.1. The number of benzene rings is 1. The van der Waals surface area contributed by atoms with Gasteiger partial charge in [-0.2, -0.15) is 0 Å². The van der Waals surface area contributed by atoms with Gasteiger partial charge in [-0.25, -0.2) is 9.97 Å². The van der Waals surface area contributed by atoms with Crippen LogP contribution in [-0.2, 0) is 17.6 Å². The molecule has 0 spiro atoms. The summed E-state index contributed by atoms with van der Waals surface area (Å²) in [4.78, 5) is 23.9. The van der Waals surface area contributed by atoms with Crippen LogP contribution in [0.15, 0.2) is 30.5 Å². The van der Waals surface area contributed by atoms with Crippen LogP contribution < -0.4 is 4.74 Å². The van der Waals surface area contributed by atoms with Crippen LogP contribution in [0.1, 0.15) is 47.9 Å². The quantitative estimate of drug-likeness (QED) is 0.860. The molecule has 4 rings (SSSR count). The number of amides is 1. The van der Waals surface area contributed by atoms with E-state index in [-0.39, 0.29) is 11.9 Å². The summed E-state index contributed by atoms with van der Waals surface area (Å²) in [5, 5.41) is 0. The lowest BCUT2D eigenvalue weighted by Crippen LogP contribution is -2.42. The van der Waals surface area contributed by atoms with E-state index in [9.17, 15) is 4.79 Å². The standard InChI is InChI=1S/C20H23N3O2/c1-13-21-12-17-18(22-13)11-15-6-9-19(17)23(15)20(24)10-5-14-3-7-16(25-2)8-4-14/h3-4,7-8,12,15,19H,5-6,9-11H2,1-2H3/t15-,19+/m0/s1. The number of aryl methyl sites for hydroxylation is 2. The zero-order valence-electron chi connectivity index (χ0n) is 14.7. The number of ether oxygens (including phenoxy) is 1. The average molecular weight is 337 g/mol. The molecule has 2 atom stereocenters. The van der Waals surface area contributed by atoms with Crippen LogP contribution in [0, 0.1) is 6.92 Å². The van der Waals surface area contributed by atoms with Gasteiger partial charge in [-0.05, 0) is 43.9 Å². The van der Waals surface area contributed by atoms with Gasteiger partial charge < -0.3 is 9.64 Å². The summed E-state index contributed by atoms with van der Waals surface area (Å²) in [7, 11) is 1.66. The van der Waals surface area contributed by atoms with Crippen LogP contribution >= 0.6 is 0 Å². The molecule has 130 valence electrons. The Hall–Kier alpha value is -2.43. The van der Waals surface area contributed by atoms with Crippen molar-refractivity contribution in [3.05, 3.63) is 53.1 Å². The fraction of sp³-hybridized carbons (Fsp3) is 0.450. The largest absolute Gasteiger partial charge is 0.497 e. The number of aromatic nitrogens is 2. The normalized spacial score (nSPS) is 21.1. The first-order valence-corrected chi connectivity index (χ1v) is 8.92. The predicted octanol–water partition coefficient (Wildman–Crippen LogP) is 3.01. The highest BCUT2D eigenvalue weighted by molar-refractivity contribution is 5.78. The summed E-state index contributed by atoms with van der Waals surface area (Å²) < 4.78 is 5.18. The Balaban J connectivity index is 1.46. The molecule has 5 nitrogen and oxygen atoms in total. The lowest BCUT2D eigenvalue weighted by Gasteiger charge is -2.35. The minimum atomic E-state index is 0.165. The fourth-order valence-corrected chi connectivity index (χ4v) is 4.13. The Morgan fingerprint density at radius 3 is 2.84 bits per heavy atom. The molecule has 0 saturated carbocycles. The van der Waals surface area contributed by atoms with E-state index in [1.54, 1.807) is 7.11 Å². The molecule has 0 N–H and O–H groups in total. The number of carbonyl (C=O) groups is 1. The summed E-state index contributed by atoms with van der Waals surface area (Å²) in [6.45, 7) is 1.93. The van der Waals surface area contributed by atoms with Gasteiger partial charge in [0.05, 0.1) is 18.8 Å². The SMILES string of the molecule is COc1ccc(CCC(=O)N2[C@H]3CC[C@@H]2c2cnc(C)nc2C3)cc1. The van der Waals surface area contributed by atoms with E-state index < -0.39 is 0 Å². The molecular weight excluding hydrogens is 314 g/mol. The number of hydrogen-bond acceptors (Lipinski definition) is 4. The number of carbonyl (C=O) groups excluding carboxylic acids is 1. The van der Waals surface area contributed by atoms with Crippen LogP contribution in [-0.4, -0.2) is 33.9 Å². The summed E-state index contributed by atoms with van der Waals surface area (Å²) >= 11 is 0. The minimum absolute atomic E-state index is 0.165. The minimum Gasteiger partial charge on any atom is -0.497 e. The number of fused-ring (bicyclic) bond motifs is 4. The van der Waals surface area contributed by atoms with E-state index in [2.05, 4.69) is 14.9 Å². The van der Waals surface area contributed by atoms with Gasteiger partial charge in [-0.1, -0.05) is 12.1 Å². The second kappa shape index (κ2) is 6.47. The monoisotopic (exact) mass is 337 g/mol. The molecule has 2 aliphatic rings. The highest BCUT2D eigenvalue weighted by atomic mass is 16.5. The first-order chi connectivity index (χ1) is 12.2. The van der Waals surface area contributed by atoms with Gasteiger partial charge in [0.25, 0.3) is 0 Å². The van der Waals surface area contributed by atoms with Crippen LogP contribution in [0.2, 0.25) is 0 Å². The predicted molar refractivity (Wildman–Crippen MR) is 94.4 cm³/mol. The maximum absolute atomic E-state index is 12.9. The van der Waals surface area contributed by atoms with E-state index in [4.69, 9.17) is 4.74 Å². The van der Waals surface area contributed by atoms with Crippen LogP contribution in [0.4, 0.5) is 0 Å². The Bertz CT molecular complexity index is 788. The molecule has 1 aromatic heterocycles. The average Bonchev–Trinajstić information content (AvgIpc) is 2.95. The number of methoxy groups -OCH3 is 1. The Kier molecular flexibility index (Phi) is 4.15. The smallest absolute Gasteiger partial charge is 0.223 e. The van der Waals surface area contributed by atoms with E-state index in [0.29, 0.717) is 12.5 Å². The third-order valence-electron chi connectivity index (χ3n) is 5.39. The molecule has 2 bridgehead atoms. The Morgan fingerprint density at radius 1 is 1.28 bits per heavy atom. The van der Waals surface area contributed by atoms with Gasteiger partial charge in [0.1, 0.15) is 11.6 Å². The topological polar surface area (TPSA) is 55.3 Å². The summed E-state index contributed by atoms with van der Waals surface area (Å²) in [5.74, 6) is 1.91. The van der Waals surface area contributed by atoms with Crippen LogP contribution in [0.25, 0.3) is 0 Å². The molecule has 1 aromatic carbocycles. The summed E-state index contributed by atoms with van der Waals surface area (Å²) in [6.07, 6.45) is 6.18. The molecule has 0 aliphatic carbocycles. The van der Waals surface area contributed by atoms with Gasteiger partial charge in [0.15, 0.2) is 0 Å². The Labute approximate surface area is 148 Å². The van der Waals surface area contributed by atoms with E-state index in [1.807, 2.05) is 37.4 Å². The summed E-state index contributed by atoms with van der Waals surface area (Å²) in [5.41, 5.74) is 3.45. The molecule has 1 fully saturated rings. The third-order valence-corrected chi connectivity index (χ3v) is 5.39. The van der Waals surface area contributed by atoms with Gasteiger partial charge in [0.2, 0.25) is 5.91 Å². The second-order valence-electron chi connectivity index (χ2n) is 6.92. The zero-order chi connectivity index (χ0) is 17.4. The highest BCUT2D eigenvalue weighted by Gasteiger charge is 2.42. The van der Waals surface area contributed by atoms with Gasteiger partial charge in [-0.3, -0.25) is 4.79 Å². The van der Waals surface area contributed by atoms with Gasteiger partial charge >= 0.3 is 0 Å². The van der Waals surface area contributed by atoms with Crippen LogP contribution in [0.5, 0.6) is 5.75 Å². The molecule has 0 unspecified atom stereocenters. The van der Waals surface area contributed by atoms with Gasteiger partial charge in [-0.15, -0.1) is 0 Å². The number of nitrogens with zero attached hydrogens (tertiary/aromatic N) is 3. The molecule has 25 heavy (non-hydrogen) atoms. The van der Waals surface area contributed by atoms with Crippen molar-refractivity contribution in [2.45, 2.75) is 51.1 Å². The third kappa shape index (κ3) is 2.99. The molecule has 2 aliphatic heterocycles. The highest BCUT2D eigenvalue weighted by Crippen LogP contribution is 2.43. The molecule has 1 amide bonds. The van der Waals surface area contributed by atoms with Crippen molar-refractivity contribution in [1.29, 1.82) is 0 Å². The molecule has 5 heteroatoms. The lowest BCUT2D eigenvalue weighted by molar-refractivity contribution is -0.134. The number of rotatable bonds is 4. The van der Waals surface area contributed by atoms with Crippen molar-refractivity contribution >= 4 is 5.91 Å². The molecule has 3 heterocycles. The fourth-order valence-electron chi connectivity index (χ4n) is 4.13. The van der Waals surface area contributed by atoms with Crippen molar-refractivity contribution < 1.29 is 9.53 Å². The van der Waals surface area contributed by atoms with Crippen molar-refractivity contribution in [1.82, 2.24) is 14.9 Å². The van der Waals surface area contributed by atoms with Crippen molar-refractivity contribution in [2.24, 2.45) is 0 Å². The second-order valence-corrected chi connectivity index (χ2v) is 6.92. The maximum atomic E-state index is 12.9. The molecule has 0 radical (unpaired) electrons. The van der Waals surface area contributed by atoms with E-state index in [0.717, 1.165) is 54.1 Å². The molecular formula is C20H23N3O2. The van der Waals surface area contributed by atoms with E-state index in [1.165, 1.54) is 0 Å². The molecule has 2 aromatic rings. The number of hydrogen-bond donors (Lipinski definition) is 0. The van der Waals surface area contributed by atoms with Crippen molar-refractivity contribution in [3.63, 3.8) is 0 Å². The van der Waals surface area contributed by atoms with Crippen molar-refractivity contribution in [2.75, 3.05) is 7.11 Å². The first-order valence-electron chi connectivity index (χ1n) is 8.92. The van der Waals surface area contributed by atoms with Crippen molar-refractivity contribution in [3.8, 4) is 5.75 Å². The Morgan fingerprint density at radius 2 is 2.08 bits per heavy atom. The van der Waals surface area contributed by atoms with E-state index >= 15 is 0 Å². The summed E-state index contributed by atoms with van der Waals surface area (Å²) in [6, 6.07) is 8.42. The lowest BCUT2D eigenvalue weighted by atomic mass is 9.98. The van der Waals surface area contributed by atoms with Crippen LogP contribution in [0.3, 0.4) is 0 Å². The maximum Gasteiger partial charge on any atom is 0.223 e. The zero-order valence-corrected chi connectivity index (χ0v) is 14.7. The molecule has 1 saturated heterocycles.